The minimum absolute atomic E-state index is 0.0732. The van der Waals surface area contributed by atoms with Gasteiger partial charge in [-0.1, -0.05) is 38.1 Å². The van der Waals surface area contributed by atoms with Gasteiger partial charge in [-0.2, -0.15) is 0 Å². The van der Waals surface area contributed by atoms with Crippen molar-refractivity contribution in [3.8, 4) is 0 Å². The molecule has 0 fully saturated rings. The Labute approximate surface area is 104 Å². The lowest BCUT2D eigenvalue weighted by molar-refractivity contribution is 0.156. The number of aliphatic hydroxyl groups is 1. The van der Waals surface area contributed by atoms with Crippen molar-refractivity contribution in [2.24, 2.45) is 5.41 Å². The van der Waals surface area contributed by atoms with Crippen molar-refractivity contribution < 1.29 is 9.84 Å². The van der Waals surface area contributed by atoms with Gasteiger partial charge in [0.15, 0.2) is 0 Å². The van der Waals surface area contributed by atoms with Gasteiger partial charge in [0.05, 0.1) is 6.61 Å². The second kappa shape index (κ2) is 6.74. The van der Waals surface area contributed by atoms with E-state index in [0.29, 0.717) is 6.61 Å². The van der Waals surface area contributed by atoms with E-state index in [2.05, 4.69) is 17.4 Å². The number of nitrogens with one attached hydrogen (secondary N) is 1. The number of rotatable bonds is 7. The number of hydrogen-bond acceptors (Lipinski definition) is 3. The minimum atomic E-state index is -0.0732. The van der Waals surface area contributed by atoms with E-state index in [1.165, 1.54) is 11.1 Å². The van der Waals surface area contributed by atoms with Gasteiger partial charge < -0.3 is 15.2 Å². The van der Waals surface area contributed by atoms with E-state index in [4.69, 9.17) is 4.74 Å². The Morgan fingerprint density at radius 1 is 1.24 bits per heavy atom. The summed E-state index contributed by atoms with van der Waals surface area (Å²) in [5.41, 5.74) is 2.39. The lowest BCUT2D eigenvalue weighted by Gasteiger charge is -2.22. The van der Waals surface area contributed by atoms with Crippen molar-refractivity contribution in [2.45, 2.75) is 27.0 Å². The molecule has 0 atom stereocenters. The van der Waals surface area contributed by atoms with Crippen molar-refractivity contribution in [3.63, 3.8) is 0 Å². The third kappa shape index (κ3) is 4.86. The molecule has 0 aromatic heterocycles. The van der Waals surface area contributed by atoms with Crippen molar-refractivity contribution in [1.82, 2.24) is 5.32 Å². The maximum atomic E-state index is 9.17. The summed E-state index contributed by atoms with van der Waals surface area (Å²) in [6, 6.07) is 8.24. The van der Waals surface area contributed by atoms with Crippen LogP contribution in [-0.2, 0) is 17.9 Å². The van der Waals surface area contributed by atoms with Crippen molar-refractivity contribution in [1.29, 1.82) is 0 Å². The maximum absolute atomic E-state index is 9.17. The van der Waals surface area contributed by atoms with Crippen LogP contribution in [0.4, 0.5) is 0 Å². The molecule has 0 radical (unpaired) electrons. The normalized spacial score (nSPS) is 11.8. The second-order valence-electron chi connectivity index (χ2n) is 5.13. The molecule has 1 aromatic carbocycles. The fraction of sp³-hybridized carbons (Fsp3) is 0.571. The Balaban J connectivity index is 2.51. The maximum Gasteiger partial charge on any atom is 0.0716 e. The van der Waals surface area contributed by atoms with Crippen LogP contribution in [0.1, 0.15) is 25.0 Å². The summed E-state index contributed by atoms with van der Waals surface area (Å²) in [6.45, 7) is 6.52. The van der Waals surface area contributed by atoms with Crippen LogP contribution in [0.15, 0.2) is 24.3 Å². The van der Waals surface area contributed by atoms with E-state index >= 15 is 0 Å². The first-order valence-electron chi connectivity index (χ1n) is 5.96. The van der Waals surface area contributed by atoms with E-state index in [-0.39, 0.29) is 12.0 Å². The van der Waals surface area contributed by atoms with Gasteiger partial charge in [-0.25, -0.2) is 0 Å². The van der Waals surface area contributed by atoms with Gasteiger partial charge in [0.1, 0.15) is 0 Å². The average Bonchev–Trinajstić information content (AvgIpc) is 2.31. The van der Waals surface area contributed by atoms with Gasteiger partial charge >= 0.3 is 0 Å². The molecule has 0 spiro atoms. The Morgan fingerprint density at radius 2 is 1.88 bits per heavy atom. The van der Waals surface area contributed by atoms with Crippen molar-refractivity contribution in [3.05, 3.63) is 35.4 Å². The zero-order valence-corrected chi connectivity index (χ0v) is 11.0. The first-order chi connectivity index (χ1) is 8.09. The summed E-state index contributed by atoms with van der Waals surface area (Å²) >= 11 is 0. The summed E-state index contributed by atoms with van der Waals surface area (Å²) < 4.78 is 5.17. The number of hydrogen-bond donors (Lipinski definition) is 2. The minimum Gasteiger partial charge on any atom is -0.396 e. The van der Waals surface area contributed by atoms with E-state index in [1.807, 2.05) is 26.0 Å². The van der Waals surface area contributed by atoms with E-state index in [9.17, 15) is 5.11 Å². The van der Waals surface area contributed by atoms with Gasteiger partial charge in [-0.05, 0) is 11.1 Å². The summed E-state index contributed by atoms with van der Waals surface area (Å²) in [5, 5.41) is 12.5. The second-order valence-corrected chi connectivity index (χ2v) is 5.13. The lowest BCUT2D eigenvalue weighted by atomic mass is 9.95. The first kappa shape index (κ1) is 14.2. The summed E-state index contributed by atoms with van der Waals surface area (Å²) in [6.07, 6.45) is 0. The molecule has 0 aliphatic rings. The van der Waals surface area contributed by atoms with Gasteiger partial charge in [0, 0.05) is 32.2 Å². The van der Waals surface area contributed by atoms with Crippen LogP contribution < -0.4 is 5.32 Å². The molecule has 1 rings (SSSR count). The number of benzene rings is 1. The van der Waals surface area contributed by atoms with E-state index < -0.39 is 0 Å². The molecule has 0 saturated heterocycles. The monoisotopic (exact) mass is 237 g/mol. The van der Waals surface area contributed by atoms with E-state index in [0.717, 1.165) is 13.1 Å². The lowest BCUT2D eigenvalue weighted by Crippen LogP contribution is -2.32. The molecule has 0 amide bonds. The Kier molecular flexibility index (Phi) is 5.62. The van der Waals surface area contributed by atoms with Gasteiger partial charge in [0.2, 0.25) is 0 Å². The molecular formula is C14H23NO2. The van der Waals surface area contributed by atoms with Crippen LogP contribution in [0.2, 0.25) is 0 Å². The standard InChI is InChI=1S/C14H23NO2/c1-14(2,11-16)10-15-8-12-6-4-5-7-13(12)9-17-3/h4-7,15-16H,8-11H2,1-3H3. The molecule has 1 aromatic rings. The first-order valence-corrected chi connectivity index (χ1v) is 5.96. The van der Waals surface area contributed by atoms with Crippen molar-refractivity contribution in [2.75, 3.05) is 20.3 Å². The predicted octanol–water partition coefficient (Wildman–Crippen LogP) is 1.94. The largest absolute Gasteiger partial charge is 0.396 e. The molecule has 2 N–H and O–H groups in total. The number of ether oxygens (including phenoxy) is 1. The molecule has 0 bridgehead atoms. The fourth-order valence-corrected chi connectivity index (χ4v) is 1.62. The summed E-state index contributed by atoms with van der Waals surface area (Å²) in [7, 11) is 1.71. The van der Waals surface area contributed by atoms with Crippen LogP contribution in [0.3, 0.4) is 0 Å². The molecule has 0 aliphatic heterocycles. The topological polar surface area (TPSA) is 41.5 Å². The Bertz CT molecular complexity index is 337. The highest BCUT2D eigenvalue weighted by molar-refractivity contribution is 5.26. The molecule has 17 heavy (non-hydrogen) atoms. The molecule has 3 nitrogen and oxygen atoms in total. The van der Waals surface area contributed by atoms with E-state index in [1.54, 1.807) is 7.11 Å². The highest BCUT2D eigenvalue weighted by Gasteiger charge is 2.15. The smallest absolute Gasteiger partial charge is 0.0716 e. The summed E-state index contributed by atoms with van der Waals surface area (Å²) in [5.74, 6) is 0. The highest BCUT2D eigenvalue weighted by atomic mass is 16.5. The van der Waals surface area contributed by atoms with Gasteiger partial charge in [-0.15, -0.1) is 0 Å². The van der Waals surface area contributed by atoms with Crippen molar-refractivity contribution >= 4 is 0 Å². The van der Waals surface area contributed by atoms with Crippen LogP contribution >= 0.6 is 0 Å². The summed E-state index contributed by atoms with van der Waals surface area (Å²) in [4.78, 5) is 0. The fourth-order valence-electron chi connectivity index (χ4n) is 1.62. The Morgan fingerprint density at radius 3 is 2.47 bits per heavy atom. The van der Waals surface area contributed by atoms with Gasteiger partial charge in [0.25, 0.3) is 0 Å². The van der Waals surface area contributed by atoms with Gasteiger partial charge in [-0.3, -0.25) is 0 Å². The molecular weight excluding hydrogens is 214 g/mol. The molecule has 0 saturated carbocycles. The molecule has 96 valence electrons. The van der Waals surface area contributed by atoms with Crippen LogP contribution in [0.5, 0.6) is 0 Å². The van der Waals surface area contributed by atoms with Crippen LogP contribution in [0.25, 0.3) is 0 Å². The average molecular weight is 237 g/mol. The number of aliphatic hydroxyl groups excluding tert-OH is 1. The Hall–Kier alpha value is -0.900. The third-order valence-corrected chi connectivity index (χ3v) is 2.77. The molecule has 0 aliphatic carbocycles. The van der Waals surface area contributed by atoms with Crippen LogP contribution in [-0.4, -0.2) is 25.4 Å². The SMILES string of the molecule is COCc1ccccc1CNCC(C)(C)CO. The quantitative estimate of drug-likeness (QED) is 0.761. The zero-order valence-electron chi connectivity index (χ0n) is 11.0. The highest BCUT2D eigenvalue weighted by Crippen LogP contribution is 2.13. The molecule has 0 unspecified atom stereocenters. The van der Waals surface area contributed by atoms with Crippen LogP contribution in [0, 0.1) is 5.41 Å². The number of methoxy groups -OCH3 is 1. The predicted molar refractivity (Wildman–Crippen MR) is 69.7 cm³/mol. The molecule has 3 heteroatoms. The zero-order chi connectivity index (χ0) is 12.7. The molecule has 0 heterocycles. The third-order valence-electron chi connectivity index (χ3n) is 2.77.